The first-order chi connectivity index (χ1) is 14.9. The summed E-state index contributed by atoms with van der Waals surface area (Å²) in [6, 6.07) is 12.0. The molecule has 0 radical (unpaired) electrons. The quantitative estimate of drug-likeness (QED) is 0.181. The SMILES string of the molecule is C=CC[C@@H](C(=O)NO)[C@@H](CC(C)C)C(=O)N[C@@H](Cc1ccccc1)C(=O)c1ccc[nH]1. The molecule has 166 valence electrons. The van der Waals surface area contributed by atoms with Crippen molar-refractivity contribution in [2.45, 2.75) is 39.2 Å². The molecule has 7 nitrogen and oxygen atoms in total. The number of ketones is 1. The molecule has 0 aliphatic heterocycles. The van der Waals surface area contributed by atoms with Crippen LogP contribution in [-0.2, 0) is 16.0 Å². The van der Waals surface area contributed by atoms with Crippen LogP contribution in [0.5, 0.6) is 0 Å². The molecule has 2 rings (SSSR count). The van der Waals surface area contributed by atoms with Crippen LogP contribution in [0, 0.1) is 17.8 Å². The highest BCUT2D eigenvalue weighted by molar-refractivity contribution is 6.01. The molecule has 1 aromatic heterocycles. The van der Waals surface area contributed by atoms with Crippen LogP contribution in [-0.4, -0.2) is 33.8 Å². The number of carbonyl (C=O) groups is 3. The maximum atomic E-state index is 13.3. The molecule has 2 amide bonds. The summed E-state index contributed by atoms with van der Waals surface area (Å²) in [7, 11) is 0. The average molecular weight is 426 g/mol. The maximum Gasteiger partial charge on any atom is 0.247 e. The van der Waals surface area contributed by atoms with E-state index in [0.29, 0.717) is 18.5 Å². The van der Waals surface area contributed by atoms with E-state index < -0.39 is 29.7 Å². The van der Waals surface area contributed by atoms with Crippen molar-refractivity contribution in [3.63, 3.8) is 0 Å². The summed E-state index contributed by atoms with van der Waals surface area (Å²) in [5.74, 6) is -2.66. The van der Waals surface area contributed by atoms with E-state index in [2.05, 4.69) is 16.9 Å². The third-order valence-electron chi connectivity index (χ3n) is 5.19. The van der Waals surface area contributed by atoms with Gasteiger partial charge < -0.3 is 10.3 Å². The molecule has 0 saturated carbocycles. The molecule has 0 spiro atoms. The lowest BCUT2D eigenvalue weighted by Crippen LogP contribution is -2.48. The first-order valence-electron chi connectivity index (χ1n) is 10.4. The van der Waals surface area contributed by atoms with Crippen LogP contribution in [0.2, 0.25) is 0 Å². The van der Waals surface area contributed by atoms with Gasteiger partial charge in [0.2, 0.25) is 17.6 Å². The number of hydroxylamine groups is 1. The van der Waals surface area contributed by atoms with E-state index in [4.69, 9.17) is 5.21 Å². The topological polar surface area (TPSA) is 111 Å². The van der Waals surface area contributed by atoms with Crippen LogP contribution in [0.25, 0.3) is 0 Å². The minimum Gasteiger partial charge on any atom is -0.359 e. The summed E-state index contributed by atoms with van der Waals surface area (Å²) < 4.78 is 0. The number of benzene rings is 1. The summed E-state index contributed by atoms with van der Waals surface area (Å²) in [6.07, 6.45) is 4.17. The van der Waals surface area contributed by atoms with Crippen molar-refractivity contribution in [2.75, 3.05) is 0 Å². The van der Waals surface area contributed by atoms with Crippen molar-refractivity contribution in [1.82, 2.24) is 15.8 Å². The van der Waals surface area contributed by atoms with Gasteiger partial charge in [-0.05, 0) is 36.5 Å². The van der Waals surface area contributed by atoms with Crippen molar-refractivity contribution in [3.8, 4) is 0 Å². The second kappa shape index (κ2) is 11.9. The highest BCUT2D eigenvalue weighted by Gasteiger charge is 2.35. The molecule has 7 heteroatoms. The molecule has 0 fully saturated rings. The van der Waals surface area contributed by atoms with Gasteiger partial charge in [0, 0.05) is 12.6 Å². The van der Waals surface area contributed by atoms with Gasteiger partial charge in [-0.25, -0.2) is 5.48 Å². The average Bonchev–Trinajstić information content (AvgIpc) is 3.30. The normalized spacial score (nSPS) is 13.8. The van der Waals surface area contributed by atoms with Crippen molar-refractivity contribution in [1.29, 1.82) is 0 Å². The van der Waals surface area contributed by atoms with E-state index in [1.54, 1.807) is 29.9 Å². The number of allylic oxidation sites excluding steroid dienone is 1. The number of Topliss-reactive ketones (excluding diaryl/α,β-unsaturated/α-hetero) is 1. The number of H-pyrrole nitrogens is 1. The summed E-state index contributed by atoms with van der Waals surface area (Å²) in [5, 5.41) is 12.0. The van der Waals surface area contributed by atoms with Gasteiger partial charge in [-0.2, -0.15) is 0 Å². The Morgan fingerprint density at radius 3 is 2.32 bits per heavy atom. The van der Waals surface area contributed by atoms with Crippen LogP contribution >= 0.6 is 0 Å². The zero-order chi connectivity index (χ0) is 22.8. The lowest BCUT2D eigenvalue weighted by molar-refractivity contribution is -0.140. The van der Waals surface area contributed by atoms with E-state index in [0.717, 1.165) is 5.56 Å². The highest BCUT2D eigenvalue weighted by atomic mass is 16.5. The molecular weight excluding hydrogens is 394 g/mol. The van der Waals surface area contributed by atoms with Gasteiger partial charge in [0.25, 0.3) is 0 Å². The van der Waals surface area contributed by atoms with Gasteiger partial charge in [0.15, 0.2) is 0 Å². The fraction of sp³-hybridized carbons (Fsp3) is 0.375. The summed E-state index contributed by atoms with van der Waals surface area (Å²) in [5.41, 5.74) is 2.96. The zero-order valence-electron chi connectivity index (χ0n) is 18.0. The van der Waals surface area contributed by atoms with Gasteiger partial charge in [0.05, 0.1) is 23.6 Å². The first kappa shape index (κ1) is 24.1. The molecular formula is C24H31N3O4. The second-order valence-corrected chi connectivity index (χ2v) is 8.04. The zero-order valence-corrected chi connectivity index (χ0v) is 18.0. The Morgan fingerprint density at radius 2 is 1.77 bits per heavy atom. The third kappa shape index (κ3) is 6.93. The Labute approximate surface area is 182 Å². The van der Waals surface area contributed by atoms with E-state index in [1.807, 2.05) is 44.2 Å². The van der Waals surface area contributed by atoms with E-state index in [-0.39, 0.29) is 18.1 Å². The Morgan fingerprint density at radius 1 is 1.06 bits per heavy atom. The van der Waals surface area contributed by atoms with E-state index in [9.17, 15) is 14.4 Å². The van der Waals surface area contributed by atoms with Gasteiger partial charge in [0.1, 0.15) is 0 Å². The smallest absolute Gasteiger partial charge is 0.247 e. The standard InChI is InChI=1S/C24H31N3O4/c1-4-9-18(24(30)27-31)19(14-16(2)3)23(29)26-21(15-17-10-6-5-7-11-17)22(28)20-12-8-13-25-20/h4-8,10-13,16,18-19,21,25,31H,1,9,14-15H2,2-3H3,(H,26,29)(H,27,30)/t18-,19-,21+/m1/s1. The second-order valence-electron chi connectivity index (χ2n) is 8.04. The van der Waals surface area contributed by atoms with Crippen molar-refractivity contribution >= 4 is 17.6 Å². The third-order valence-corrected chi connectivity index (χ3v) is 5.19. The van der Waals surface area contributed by atoms with Crippen molar-refractivity contribution in [3.05, 3.63) is 72.6 Å². The summed E-state index contributed by atoms with van der Waals surface area (Å²) in [4.78, 5) is 41.6. The monoisotopic (exact) mass is 425 g/mol. The van der Waals surface area contributed by atoms with Crippen LogP contribution in [0.4, 0.5) is 0 Å². The Bertz CT molecular complexity index is 862. The molecule has 0 bridgehead atoms. The molecule has 1 aromatic carbocycles. The minimum atomic E-state index is -0.801. The lowest BCUT2D eigenvalue weighted by Gasteiger charge is -2.27. The number of aromatic amines is 1. The number of rotatable bonds is 12. The Kier molecular flexibility index (Phi) is 9.21. The van der Waals surface area contributed by atoms with Gasteiger partial charge >= 0.3 is 0 Å². The molecule has 0 aliphatic carbocycles. The number of aromatic nitrogens is 1. The molecule has 4 N–H and O–H groups in total. The molecule has 0 saturated heterocycles. The largest absolute Gasteiger partial charge is 0.359 e. The summed E-state index contributed by atoms with van der Waals surface area (Å²) in [6.45, 7) is 7.57. The Hall–Kier alpha value is -3.19. The fourth-order valence-electron chi connectivity index (χ4n) is 3.69. The predicted octanol–water partition coefficient (Wildman–Crippen LogP) is 3.28. The first-order valence-corrected chi connectivity index (χ1v) is 10.4. The van der Waals surface area contributed by atoms with Crippen LogP contribution in [0.15, 0.2) is 61.3 Å². The number of hydrogen-bond donors (Lipinski definition) is 4. The molecule has 0 unspecified atom stereocenters. The van der Waals surface area contributed by atoms with Crippen molar-refractivity contribution in [2.24, 2.45) is 17.8 Å². The van der Waals surface area contributed by atoms with Gasteiger partial charge in [-0.3, -0.25) is 19.6 Å². The number of nitrogens with one attached hydrogen (secondary N) is 3. The van der Waals surface area contributed by atoms with Crippen LogP contribution < -0.4 is 10.8 Å². The summed E-state index contributed by atoms with van der Waals surface area (Å²) >= 11 is 0. The predicted molar refractivity (Wildman–Crippen MR) is 118 cm³/mol. The van der Waals surface area contributed by atoms with Gasteiger partial charge in [-0.15, -0.1) is 6.58 Å². The number of amides is 2. The maximum absolute atomic E-state index is 13.3. The highest BCUT2D eigenvalue weighted by Crippen LogP contribution is 2.25. The van der Waals surface area contributed by atoms with E-state index >= 15 is 0 Å². The molecule has 0 aliphatic rings. The molecule has 1 heterocycles. The fourth-order valence-corrected chi connectivity index (χ4v) is 3.69. The van der Waals surface area contributed by atoms with Crippen molar-refractivity contribution < 1.29 is 19.6 Å². The molecule has 2 aromatic rings. The molecule has 3 atom stereocenters. The minimum absolute atomic E-state index is 0.126. The number of carbonyl (C=O) groups excluding carboxylic acids is 3. The van der Waals surface area contributed by atoms with Crippen LogP contribution in [0.1, 0.15) is 42.7 Å². The number of hydrogen-bond acceptors (Lipinski definition) is 4. The van der Waals surface area contributed by atoms with Crippen LogP contribution in [0.3, 0.4) is 0 Å². The molecule has 31 heavy (non-hydrogen) atoms. The Balaban J connectivity index is 2.31. The van der Waals surface area contributed by atoms with Gasteiger partial charge in [-0.1, -0.05) is 50.3 Å². The van der Waals surface area contributed by atoms with E-state index in [1.165, 1.54) is 0 Å². The lowest BCUT2D eigenvalue weighted by atomic mass is 9.81.